The first-order valence-corrected chi connectivity index (χ1v) is 7.83. The molecule has 1 aromatic carbocycles. The van der Waals surface area contributed by atoms with Crippen LogP contribution in [0.25, 0.3) is 0 Å². The van der Waals surface area contributed by atoms with Crippen molar-refractivity contribution in [1.29, 1.82) is 0 Å². The van der Waals surface area contributed by atoms with E-state index in [-0.39, 0.29) is 16.3 Å². The number of benzene rings is 1. The number of nitrogens with one attached hydrogen (secondary N) is 2. The van der Waals surface area contributed by atoms with Crippen LogP contribution in [0, 0.1) is 0 Å². The second-order valence-corrected chi connectivity index (χ2v) is 6.83. The van der Waals surface area contributed by atoms with Crippen LogP contribution in [0.2, 0.25) is 0 Å². The smallest absolute Gasteiger partial charge is 0.214 e. The second-order valence-electron chi connectivity index (χ2n) is 3.18. The predicted octanol–water partition coefficient (Wildman–Crippen LogP) is -0.107. The van der Waals surface area contributed by atoms with E-state index in [9.17, 15) is 16.8 Å². The van der Waals surface area contributed by atoms with E-state index in [2.05, 4.69) is 9.44 Å². The fraction of sp³-hybridized carbons (Fsp3) is 0.333. The maximum Gasteiger partial charge on any atom is 0.240 e. The average molecular weight is 278 g/mol. The van der Waals surface area contributed by atoms with Gasteiger partial charge in [-0.1, -0.05) is 6.92 Å². The standard InChI is InChI=1S/C9H14N2O4S2/c1-3-11-17(14,15)9-6-4-8(5-7-9)16(12,13)10-2/h4-7,10-11H,3H2,1-2H3. The third-order valence-electron chi connectivity index (χ3n) is 2.05. The molecule has 2 N–H and O–H groups in total. The Labute approximate surface area is 101 Å². The van der Waals surface area contributed by atoms with Crippen molar-refractivity contribution in [3.63, 3.8) is 0 Å². The van der Waals surface area contributed by atoms with Crippen LogP contribution in [-0.2, 0) is 20.0 Å². The number of hydrogen-bond acceptors (Lipinski definition) is 4. The summed E-state index contributed by atoms with van der Waals surface area (Å²) in [7, 11) is -5.79. The average Bonchev–Trinajstić information content (AvgIpc) is 2.29. The lowest BCUT2D eigenvalue weighted by atomic mass is 10.4. The summed E-state index contributed by atoms with van der Waals surface area (Å²) in [4.78, 5) is 0.0600. The van der Waals surface area contributed by atoms with E-state index in [1.807, 2.05) is 0 Å². The van der Waals surface area contributed by atoms with Crippen LogP contribution in [0.3, 0.4) is 0 Å². The van der Waals surface area contributed by atoms with Crippen molar-refractivity contribution in [2.75, 3.05) is 13.6 Å². The minimum atomic E-state index is -3.54. The zero-order valence-electron chi connectivity index (χ0n) is 9.47. The quantitative estimate of drug-likeness (QED) is 0.786. The summed E-state index contributed by atoms with van der Waals surface area (Å²) in [5.41, 5.74) is 0. The molecule has 0 bridgehead atoms. The van der Waals surface area contributed by atoms with Gasteiger partial charge in [0.2, 0.25) is 20.0 Å². The Morgan fingerprint density at radius 2 is 1.35 bits per heavy atom. The Balaban J connectivity index is 3.13. The third-order valence-corrected chi connectivity index (χ3v) is 5.04. The topological polar surface area (TPSA) is 92.3 Å². The van der Waals surface area contributed by atoms with Gasteiger partial charge >= 0.3 is 0 Å². The summed E-state index contributed by atoms with van der Waals surface area (Å²) >= 11 is 0. The molecule has 96 valence electrons. The van der Waals surface area contributed by atoms with E-state index in [4.69, 9.17) is 0 Å². The lowest BCUT2D eigenvalue weighted by Crippen LogP contribution is -2.23. The van der Waals surface area contributed by atoms with E-state index in [1.165, 1.54) is 31.3 Å². The van der Waals surface area contributed by atoms with Gasteiger partial charge in [-0.2, -0.15) is 0 Å². The molecular formula is C9H14N2O4S2. The highest BCUT2D eigenvalue weighted by Gasteiger charge is 2.15. The maximum atomic E-state index is 11.6. The monoisotopic (exact) mass is 278 g/mol. The Hall–Kier alpha value is -0.960. The van der Waals surface area contributed by atoms with Crippen molar-refractivity contribution >= 4 is 20.0 Å². The number of rotatable bonds is 5. The van der Waals surface area contributed by atoms with Crippen molar-refractivity contribution in [3.8, 4) is 0 Å². The molecule has 0 heterocycles. The summed E-state index contributed by atoms with van der Waals surface area (Å²) < 4.78 is 50.5. The summed E-state index contributed by atoms with van der Waals surface area (Å²) in [6, 6.07) is 5.00. The molecule has 0 atom stereocenters. The summed E-state index contributed by atoms with van der Waals surface area (Å²) in [5.74, 6) is 0. The van der Waals surface area contributed by atoms with Crippen LogP contribution in [0.5, 0.6) is 0 Å². The Bertz CT molecular complexity index is 576. The fourth-order valence-electron chi connectivity index (χ4n) is 1.19. The number of hydrogen-bond donors (Lipinski definition) is 2. The van der Waals surface area contributed by atoms with Crippen molar-refractivity contribution in [2.24, 2.45) is 0 Å². The van der Waals surface area contributed by atoms with Crippen LogP contribution in [0.4, 0.5) is 0 Å². The summed E-state index contributed by atoms with van der Waals surface area (Å²) in [6.07, 6.45) is 0. The van der Waals surface area contributed by atoms with Crippen LogP contribution in [0.15, 0.2) is 34.1 Å². The molecule has 0 fully saturated rings. The van der Waals surface area contributed by atoms with Gasteiger partial charge in [-0.05, 0) is 31.3 Å². The number of sulfonamides is 2. The molecule has 17 heavy (non-hydrogen) atoms. The first-order valence-electron chi connectivity index (χ1n) is 4.87. The highest BCUT2D eigenvalue weighted by atomic mass is 32.2. The van der Waals surface area contributed by atoms with Crippen molar-refractivity contribution in [1.82, 2.24) is 9.44 Å². The van der Waals surface area contributed by atoms with E-state index in [0.29, 0.717) is 0 Å². The zero-order valence-corrected chi connectivity index (χ0v) is 11.1. The molecular weight excluding hydrogens is 264 g/mol. The Morgan fingerprint density at radius 1 is 0.941 bits per heavy atom. The first-order chi connectivity index (χ1) is 7.83. The molecule has 0 aliphatic rings. The lowest BCUT2D eigenvalue weighted by molar-refractivity contribution is 0.581. The SMILES string of the molecule is CCNS(=O)(=O)c1ccc(S(=O)(=O)NC)cc1. The minimum absolute atomic E-state index is 0.0236. The second kappa shape index (κ2) is 5.13. The molecule has 6 nitrogen and oxygen atoms in total. The molecule has 0 aromatic heterocycles. The van der Waals surface area contributed by atoms with Gasteiger partial charge in [0.05, 0.1) is 9.79 Å². The van der Waals surface area contributed by atoms with Crippen LogP contribution >= 0.6 is 0 Å². The van der Waals surface area contributed by atoms with Gasteiger partial charge in [0.15, 0.2) is 0 Å². The summed E-state index contributed by atoms with van der Waals surface area (Å²) in [5, 5.41) is 0. The first kappa shape index (κ1) is 14.1. The van der Waals surface area contributed by atoms with Gasteiger partial charge in [0.1, 0.15) is 0 Å². The molecule has 0 radical (unpaired) electrons. The van der Waals surface area contributed by atoms with Gasteiger partial charge in [-0.25, -0.2) is 26.3 Å². The summed E-state index contributed by atoms with van der Waals surface area (Å²) in [6.45, 7) is 1.94. The molecule has 1 rings (SSSR count). The van der Waals surface area contributed by atoms with Gasteiger partial charge < -0.3 is 0 Å². The van der Waals surface area contributed by atoms with Crippen LogP contribution < -0.4 is 9.44 Å². The largest absolute Gasteiger partial charge is 0.240 e. The molecule has 0 aliphatic heterocycles. The van der Waals surface area contributed by atoms with E-state index in [1.54, 1.807) is 6.92 Å². The van der Waals surface area contributed by atoms with Crippen molar-refractivity contribution in [2.45, 2.75) is 16.7 Å². The normalized spacial score (nSPS) is 12.6. The molecule has 8 heteroatoms. The molecule has 0 saturated heterocycles. The fourth-order valence-corrected chi connectivity index (χ4v) is 2.96. The van der Waals surface area contributed by atoms with Crippen LogP contribution in [0.1, 0.15) is 6.92 Å². The lowest BCUT2D eigenvalue weighted by Gasteiger charge is -2.06. The Kier molecular flexibility index (Phi) is 4.26. The van der Waals surface area contributed by atoms with E-state index in [0.717, 1.165) is 0 Å². The highest BCUT2D eigenvalue weighted by molar-refractivity contribution is 7.90. The Morgan fingerprint density at radius 3 is 1.71 bits per heavy atom. The maximum absolute atomic E-state index is 11.6. The third kappa shape index (κ3) is 3.25. The van der Waals surface area contributed by atoms with E-state index < -0.39 is 20.0 Å². The molecule has 0 saturated carbocycles. The van der Waals surface area contributed by atoms with Crippen molar-refractivity contribution in [3.05, 3.63) is 24.3 Å². The molecule has 0 aliphatic carbocycles. The highest BCUT2D eigenvalue weighted by Crippen LogP contribution is 2.13. The van der Waals surface area contributed by atoms with Gasteiger partial charge in [0, 0.05) is 6.54 Å². The molecule has 0 unspecified atom stereocenters. The predicted molar refractivity (Wildman–Crippen MR) is 63.6 cm³/mol. The molecule has 1 aromatic rings. The molecule has 0 spiro atoms. The van der Waals surface area contributed by atoms with Gasteiger partial charge in [-0.3, -0.25) is 0 Å². The zero-order chi connectivity index (χ0) is 13.1. The molecule has 0 amide bonds. The minimum Gasteiger partial charge on any atom is -0.214 e. The van der Waals surface area contributed by atoms with Crippen molar-refractivity contribution < 1.29 is 16.8 Å². The van der Waals surface area contributed by atoms with Gasteiger partial charge in [0.25, 0.3) is 0 Å². The van der Waals surface area contributed by atoms with Crippen LogP contribution in [-0.4, -0.2) is 30.4 Å². The van der Waals surface area contributed by atoms with E-state index >= 15 is 0 Å². The van der Waals surface area contributed by atoms with Gasteiger partial charge in [-0.15, -0.1) is 0 Å².